The molecule has 0 aliphatic carbocycles. The Morgan fingerprint density at radius 1 is 1.23 bits per heavy atom. The summed E-state index contributed by atoms with van der Waals surface area (Å²) in [6.07, 6.45) is 5.99. The summed E-state index contributed by atoms with van der Waals surface area (Å²) in [4.78, 5) is 15.0. The number of methoxy groups -OCH3 is 1. The third kappa shape index (κ3) is 4.23. The molecule has 7 nitrogen and oxygen atoms in total. The van der Waals surface area contributed by atoms with E-state index in [9.17, 15) is 4.79 Å². The monoisotopic (exact) mass is 426 g/mol. The lowest BCUT2D eigenvalue weighted by Gasteiger charge is -2.35. The number of likely N-dealkylation sites (tertiary alicyclic amines) is 1. The highest BCUT2D eigenvalue weighted by molar-refractivity contribution is 7.99. The Morgan fingerprint density at radius 2 is 2.07 bits per heavy atom. The second-order valence-corrected chi connectivity index (χ2v) is 8.19. The van der Waals surface area contributed by atoms with Crippen LogP contribution in [0.5, 0.6) is 5.75 Å². The van der Waals surface area contributed by atoms with Crippen LogP contribution in [0.2, 0.25) is 0 Å². The summed E-state index contributed by atoms with van der Waals surface area (Å²) in [7, 11) is 1.64. The van der Waals surface area contributed by atoms with Crippen molar-refractivity contribution in [2.24, 2.45) is 0 Å². The molecule has 1 amide bonds. The van der Waals surface area contributed by atoms with Gasteiger partial charge in [-0.3, -0.25) is 9.36 Å². The molecule has 0 saturated carbocycles. The first-order valence-electron chi connectivity index (χ1n) is 10.3. The van der Waals surface area contributed by atoms with Gasteiger partial charge in [0.25, 0.3) is 0 Å². The standard InChI is InChI=1S/C22H26N4O3S/c1-3-16-7-4-5-13-25(16)20(27)15-30-22-24-23-21(19-8-6-14-29-19)26(22)17-9-11-18(28-2)12-10-17/h6,8-12,14,16H,3-5,7,13,15H2,1-2H3. The molecule has 30 heavy (non-hydrogen) atoms. The number of hydrogen-bond donors (Lipinski definition) is 0. The molecule has 0 bridgehead atoms. The van der Waals surface area contributed by atoms with Crippen molar-refractivity contribution in [2.75, 3.05) is 19.4 Å². The lowest BCUT2D eigenvalue weighted by atomic mass is 10.0. The van der Waals surface area contributed by atoms with Crippen molar-refractivity contribution in [3.05, 3.63) is 42.7 Å². The first kappa shape index (κ1) is 20.5. The molecule has 1 atom stereocenters. The van der Waals surface area contributed by atoms with E-state index in [0.29, 0.717) is 28.5 Å². The zero-order chi connectivity index (χ0) is 20.9. The zero-order valence-corrected chi connectivity index (χ0v) is 18.1. The Balaban J connectivity index is 1.59. The number of nitrogens with zero attached hydrogens (tertiary/aromatic N) is 4. The highest BCUT2D eigenvalue weighted by Crippen LogP contribution is 2.30. The fourth-order valence-electron chi connectivity index (χ4n) is 3.86. The van der Waals surface area contributed by atoms with E-state index < -0.39 is 0 Å². The van der Waals surface area contributed by atoms with Crippen molar-refractivity contribution in [1.82, 2.24) is 19.7 Å². The van der Waals surface area contributed by atoms with Gasteiger partial charge < -0.3 is 14.1 Å². The van der Waals surface area contributed by atoms with Gasteiger partial charge in [0.15, 0.2) is 10.9 Å². The number of ether oxygens (including phenoxy) is 1. The molecule has 0 spiro atoms. The number of aromatic nitrogens is 3. The molecule has 1 aliphatic heterocycles. The maximum Gasteiger partial charge on any atom is 0.233 e. The third-order valence-corrected chi connectivity index (χ3v) is 6.36. The molecule has 8 heteroatoms. The molecule has 3 heterocycles. The van der Waals surface area contributed by atoms with Gasteiger partial charge in [-0.05, 0) is 62.1 Å². The van der Waals surface area contributed by atoms with Crippen molar-refractivity contribution in [2.45, 2.75) is 43.8 Å². The minimum Gasteiger partial charge on any atom is -0.497 e. The van der Waals surface area contributed by atoms with E-state index in [1.807, 2.05) is 45.9 Å². The fourth-order valence-corrected chi connectivity index (χ4v) is 4.69. The molecule has 0 N–H and O–H groups in total. The van der Waals surface area contributed by atoms with Gasteiger partial charge in [0.05, 0.1) is 24.8 Å². The molecule has 3 aromatic rings. The molecule has 0 radical (unpaired) electrons. The summed E-state index contributed by atoms with van der Waals surface area (Å²) in [6.45, 7) is 3.00. The van der Waals surface area contributed by atoms with Crippen molar-refractivity contribution in [3.63, 3.8) is 0 Å². The zero-order valence-electron chi connectivity index (χ0n) is 17.3. The summed E-state index contributed by atoms with van der Waals surface area (Å²) < 4.78 is 12.7. The fraction of sp³-hybridized carbons (Fsp3) is 0.409. The van der Waals surface area contributed by atoms with E-state index in [2.05, 4.69) is 17.1 Å². The van der Waals surface area contributed by atoms with Crippen LogP contribution >= 0.6 is 11.8 Å². The molecule has 158 valence electrons. The molecule has 1 aromatic carbocycles. The number of benzene rings is 1. The number of furan rings is 1. The van der Waals surface area contributed by atoms with Crippen LogP contribution in [0, 0.1) is 0 Å². The number of amides is 1. The van der Waals surface area contributed by atoms with E-state index in [4.69, 9.17) is 9.15 Å². The Labute approximate surface area is 180 Å². The molecular formula is C22H26N4O3S. The molecule has 4 rings (SSSR count). The topological polar surface area (TPSA) is 73.4 Å². The normalized spacial score (nSPS) is 16.6. The molecule has 1 unspecified atom stereocenters. The van der Waals surface area contributed by atoms with Gasteiger partial charge in [0, 0.05) is 12.6 Å². The van der Waals surface area contributed by atoms with Gasteiger partial charge in [-0.1, -0.05) is 18.7 Å². The minimum atomic E-state index is 0.162. The smallest absolute Gasteiger partial charge is 0.233 e. The summed E-state index contributed by atoms with van der Waals surface area (Å²) in [6, 6.07) is 11.7. The predicted molar refractivity (Wildman–Crippen MR) is 116 cm³/mol. The maximum absolute atomic E-state index is 12.9. The van der Waals surface area contributed by atoms with Crippen LogP contribution in [0.25, 0.3) is 17.3 Å². The van der Waals surface area contributed by atoms with Gasteiger partial charge in [-0.25, -0.2) is 0 Å². The summed E-state index contributed by atoms with van der Waals surface area (Å²) in [5, 5.41) is 9.36. The van der Waals surface area contributed by atoms with Crippen molar-refractivity contribution in [3.8, 4) is 23.0 Å². The largest absolute Gasteiger partial charge is 0.497 e. The molecule has 1 aliphatic rings. The molecule has 2 aromatic heterocycles. The Bertz CT molecular complexity index is 969. The Kier molecular flexibility index (Phi) is 6.42. The van der Waals surface area contributed by atoms with Crippen LogP contribution in [-0.4, -0.2) is 51.0 Å². The molecule has 1 saturated heterocycles. The van der Waals surface area contributed by atoms with Crippen LogP contribution in [0.1, 0.15) is 32.6 Å². The van der Waals surface area contributed by atoms with Crippen LogP contribution in [0.15, 0.2) is 52.2 Å². The highest BCUT2D eigenvalue weighted by Gasteiger charge is 2.26. The lowest BCUT2D eigenvalue weighted by Crippen LogP contribution is -2.44. The number of carbonyl (C=O) groups excluding carboxylic acids is 1. The van der Waals surface area contributed by atoms with Gasteiger partial charge in [0.1, 0.15) is 5.75 Å². The van der Waals surface area contributed by atoms with E-state index in [1.165, 1.54) is 18.2 Å². The number of carbonyl (C=O) groups is 1. The second-order valence-electron chi connectivity index (χ2n) is 7.25. The second kappa shape index (κ2) is 9.38. The summed E-state index contributed by atoms with van der Waals surface area (Å²) in [5.41, 5.74) is 0.881. The quantitative estimate of drug-likeness (QED) is 0.521. The van der Waals surface area contributed by atoms with Gasteiger partial charge in [-0.15, -0.1) is 10.2 Å². The Hall–Kier alpha value is -2.74. The van der Waals surface area contributed by atoms with E-state index in [1.54, 1.807) is 13.4 Å². The summed E-state index contributed by atoms with van der Waals surface area (Å²) in [5.74, 6) is 2.49. The first-order valence-corrected chi connectivity index (χ1v) is 11.3. The SMILES string of the molecule is CCC1CCCCN1C(=O)CSc1nnc(-c2ccco2)n1-c1ccc(OC)cc1. The minimum absolute atomic E-state index is 0.162. The van der Waals surface area contributed by atoms with Gasteiger partial charge in [-0.2, -0.15) is 0 Å². The van der Waals surface area contributed by atoms with Crippen molar-refractivity contribution in [1.29, 1.82) is 0 Å². The van der Waals surface area contributed by atoms with Crippen LogP contribution in [-0.2, 0) is 4.79 Å². The maximum atomic E-state index is 12.9. The van der Waals surface area contributed by atoms with Gasteiger partial charge >= 0.3 is 0 Å². The van der Waals surface area contributed by atoms with Crippen LogP contribution in [0.4, 0.5) is 0 Å². The molecule has 1 fully saturated rings. The third-order valence-electron chi connectivity index (χ3n) is 5.45. The number of piperidine rings is 1. The highest BCUT2D eigenvalue weighted by atomic mass is 32.2. The van der Waals surface area contributed by atoms with E-state index in [0.717, 1.165) is 37.2 Å². The number of rotatable bonds is 7. The van der Waals surface area contributed by atoms with Crippen LogP contribution < -0.4 is 4.74 Å². The van der Waals surface area contributed by atoms with E-state index >= 15 is 0 Å². The number of hydrogen-bond acceptors (Lipinski definition) is 6. The molecular weight excluding hydrogens is 400 g/mol. The van der Waals surface area contributed by atoms with Crippen molar-refractivity contribution >= 4 is 17.7 Å². The average molecular weight is 427 g/mol. The Morgan fingerprint density at radius 3 is 2.77 bits per heavy atom. The van der Waals surface area contributed by atoms with E-state index in [-0.39, 0.29) is 5.91 Å². The number of thioether (sulfide) groups is 1. The average Bonchev–Trinajstić information content (AvgIpc) is 3.47. The first-order chi connectivity index (χ1) is 14.7. The summed E-state index contributed by atoms with van der Waals surface area (Å²) >= 11 is 1.41. The predicted octanol–water partition coefficient (Wildman–Crippen LogP) is 4.42. The van der Waals surface area contributed by atoms with Crippen LogP contribution in [0.3, 0.4) is 0 Å². The van der Waals surface area contributed by atoms with Gasteiger partial charge in [0.2, 0.25) is 11.7 Å². The lowest BCUT2D eigenvalue weighted by molar-refractivity contribution is -0.132. The van der Waals surface area contributed by atoms with Crippen molar-refractivity contribution < 1.29 is 13.9 Å².